The molecule has 3 atom stereocenters. The normalized spacial score (nSPS) is 46.5. The largest absolute Gasteiger partial charge is 0.390 e. The number of fused-ring (bicyclic) bond motifs is 1. The van der Waals surface area contributed by atoms with E-state index in [2.05, 4.69) is 12.2 Å². The second-order valence-electron chi connectivity index (χ2n) is 3.33. The summed E-state index contributed by atoms with van der Waals surface area (Å²) in [5.74, 6) is 0. The van der Waals surface area contributed by atoms with Crippen molar-refractivity contribution in [2.75, 3.05) is 0 Å². The predicted octanol–water partition coefficient (Wildman–Crippen LogP) is 1.24. The molecule has 1 fully saturated rings. The maximum Gasteiger partial charge on any atom is 0.110 e. The smallest absolute Gasteiger partial charge is 0.110 e. The van der Waals surface area contributed by atoms with Crippen LogP contribution in [-0.4, -0.2) is 23.4 Å². The summed E-state index contributed by atoms with van der Waals surface area (Å²) < 4.78 is 5.32. The van der Waals surface area contributed by atoms with E-state index in [0.717, 1.165) is 25.7 Å². The minimum Gasteiger partial charge on any atom is -0.390 e. The fraction of sp³-hybridized carbons (Fsp3) is 0.778. The lowest BCUT2D eigenvalue weighted by Gasteiger charge is -2.03. The molecule has 0 unspecified atom stereocenters. The maximum absolute atomic E-state index is 9.49. The minimum atomic E-state index is -0.220. The average molecular weight is 154 g/mol. The van der Waals surface area contributed by atoms with Crippen LogP contribution >= 0.6 is 0 Å². The SMILES string of the molecule is O[C@@H]1CC/C=C\CC[C@H]2O[C@@H]12. The van der Waals surface area contributed by atoms with E-state index in [0.29, 0.717) is 6.10 Å². The zero-order valence-corrected chi connectivity index (χ0v) is 6.57. The first kappa shape index (κ1) is 7.32. The first-order valence-corrected chi connectivity index (χ1v) is 4.36. The van der Waals surface area contributed by atoms with Crippen LogP contribution in [0.5, 0.6) is 0 Å². The van der Waals surface area contributed by atoms with E-state index in [4.69, 9.17) is 4.74 Å². The minimum absolute atomic E-state index is 0.162. The summed E-state index contributed by atoms with van der Waals surface area (Å²) in [4.78, 5) is 0. The predicted molar refractivity (Wildman–Crippen MR) is 42.3 cm³/mol. The Morgan fingerprint density at radius 1 is 1.18 bits per heavy atom. The Bertz CT molecular complexity index is 165. The van der Waals surface area contributed by atoms with Crippen molar-refractivity contribution in [2.45, 2.75) is 44.0 Å². The number of rotatable bonds is 0. The molecule has 2 rings (SSSR count). The second-order valence-corrected chi connectivity index (χ2v) is 3.33. The van der Waals surface area contributed by atoms with Crippen molar-refractivity contribution in [3.63, 3.8) is 0 Å². The quantitative estimate of drug-likeness (QED) is 0.420. The molecule has 0 spiro atoms. The third-order valence-corrected chi connectivity index (χ3v) is 2.41. The van der Waals surface area contributed by atoms with Gasteiger partial charge in [0.05, 0.1) is 12.2 Å². The average Bonchev–Trinajstić information content (AvgIpc) is 2.74. The molecule has 1 heterocycles. The maximum atomic E-state index is 9.49. The molecule has 0 saturated carbocycles. The van der Waals surface area contributed by atoms with Crippen LogP contribution in [-0.2, 0) is 4.74 Å². The van der Waals surface area contributed by atoms with Gasteiger partial charge in [-0.05, 0) is 25.7 Å². The summed E-state index contributed by atoms with van der Waals surface area (Å²) in [7, 11) is 0. The molecule has 0 amide bonds. The van der Waals surface area contributed by atoms with E-state index in [1.807, 2.05) is 0 Å². The third-order valence-electron chi connectivity index (χ3n) is 2.41. The van der Waals surface area contributed by atoms with E-state index in [1.165, 1.54) is 0 Å². The molecule has 0 radical (unpaired) electrons. The fourth-order valence-corrected chi connectivity index (χ4v) is 1.65. The molecular weight excluding hydrogens is 140 g/mol. The number of epoxide rings is 1. The molecule has 0 aromatic rings. The van der Waals surface area contributed by atoms with Crippen LogP contribution in [0.2, 0.25) is 0 Å². The van der Waals surface area contributed by atoms with Gasteiger partial charge in [0.1, 0.15) is 6.10 Å². The van der Waals surface area contributed by atoms with Crippen LogP contribution < -0.4 is 0 Å². The first-order chi connectivity index (χ1) is 5.38. The summed E-state index contributed by atoms with van der Waals surface area (Å²) in [6, 6.07) is 0. The van der Waals surface area contributed by atoms with Crippen LogP contribution in [0, 0.1) is 0 Å². The summed E-state index contributed by atoms with van der Waals surface area (Å²) in [5.41, 5.74) is 0. The van der Waals surface area contributed by atoms with Crippen LogP contribution in [0.1, 0.15) is 25.7 Å². The zero-order chi connectivity index (χ0) is 7.68. The molecule has 2 nitrogen and oxygen atoms in total. The van der Waals surface area contributed by atoms with Crippen molar-refractivity contribution in [1.82, 2.24) is 0 Å². The number of aliphatic hydroxyl groups excluding tert-OH is 1. The topological polar surface area (TPSA) is 32.8 Å². The van der Waals surface area contributed by atoms with Gasteiger partial charge in [0, 0.05) is 0 Å². The lowest BCUT2D eigenvalue weighted by Crippen LogP contribution is -2.15. The monoisotopic (exact) mass is 154 g/mol. The Morgan fingerprint density at radius 2 is 1.91 bits per heavy atom. The van der Waals surface area contributed by atoms with Gasteiger partial charge < -0.3 is 9.84 Å². The molecule has 1 N–H and O–H groups in total. The summed E-state index contributed by atoms with van der Waals surface area (Å²) in [6.07, 6.45) is 8.69. The molecule has 0 bridgehead atoms. The fourth-order valence-electron chi connectivity index (χ4n) is 1.65. The lowest BCUT2D eigenvalue weighted by molar-refractivity contribution is 0.127. The standard InChI is InChI=1S/C9H14O2/c10-7-5-3-1-2-4-6-8-9(7)11-8/h1-2,7-10H,3-6H2/b2-1-/t7-,8-,9+/m1/s1. The van der Waals surface area contributed by atoms with Crippen molar-refractivity contribution in [3.8, 4) is 0 Å². The highest BCUT2D eigenvalue weighted by molar-refractivity contribution is 4.96. The Kier molecular flexibility index (Phi) is 1.96. The van der Waals surface area contributed by atoms with Crippen molar-refractivity contribution in [3.05, 3.63) is 12.2 Å². The Hall–Kier alpha value is -0.340. The molecule has 0 aromatic heterocycles. The van der Waals surface area contributed by atoms with E-state index < -0.39 is 0 Å². The molecule has 1 aliphatic carbocycles. The number of hydrogen-bond acceptors (Lipinski definition) is 2. The second kappa shape index (κ2) is 2.95. The highest BCUT2D eigenvalue weighted by Gasteiger charge is 2.43. The van der Waals surface area contributed by atoms with Crippen molar-refractivity contribution in [1.29, 1.82) is 0 Å². The molecule has 11 heavy (non-hydrogen) atoms. The molecular formula is C9H14O2. The van der Waals surface area contributed by atoms with E-state index in [1.54, 1.807) is 0 Å². The van der Waals surface area contributed by atoms with E-state index >= 15 is 0 Å². The van der Waals surface area contributed by atoms with Crippen LogP contribution in [0.25, 0.3) is 0 Å². The van der Waals surface area contributed by atoms with Crippen LogP contribution in [0.3, 0.4) is 0 Å². The summed E-state index contributed by atoms with van der Waals surface area (Å²) in [6.45, 7) is 0. The molecule has 1 saturated heterocycles. The number of hydrogen-bond donors (Lipinski definition) is 1. The number of aliphatic hydroxyl groups is 1. The van der Waals surface area contributed by atoms with Gasteiger partial charge in [0.2, 0.25) is 0 Å². The lowest BCUT2D eigenvalue weighted by atomic mass is 10.1. The van der Waals surface area contributed by atoms with Crippen molar-refractivity contribution in [2.24, 2.45) is 0 Å². The van der Waals surface area contributed by atoms with Gasteiger partial charge in [-0.25, -0.2) is 0 Å². The van der Waals surface area contributed by atoms with Gasteiger partial charge in [0.25, 0.3) is 0 Å². The van der Waals surface area contributed by atoms with Gasteiger partial charge in [-0.2, -0.15) is 0 Å². The highest BCUT2D eigenvalue weighted by atomic mass is 16.6. The molecule has 0 aromatic carbocycles. The first-order valence-electron chi connectivity index (χ1n) is 4.36. The Balaban J connectivity index is 1.92. The van der Waals surface area contributed by atoms with Gasteiger partial charge >= 0.3 is 0 Å². The van der Waals surface area contributed by atoms with Gasteiger partial charge in [0.15, 0.2) is 0 Å². The molecule has 1 aliphatic heterocycles. The van der Waals surface area contributed by atoms with Crippen molar-refractivity contribution < 1.29 is 9.84 Å². The summed E-state index contributed by atoms with van der Waals surface area (Å²) in [5, 5.41) is 9.49. The van der Waals surface area contributed by atoms with E-state index in [-0.39, 0.29) is 12.2 Å². The van der Waals surface area contributed by atoms with E-state index in [9.17, 15) is 5.11 Å². The number of ether oxygens (including phenoxy) is 1. The highest BCUT2D eigenvalue weighted by Crippen LogP contribution is 2.32. The van der Waals surface area contributed by atoms with Crippen molar-refractivity contribution >= 4 is 0 Å². The van der Waals surface area contributed by atoms with Crippen LogP contribution in [0.4, 0.5) is 0 Å². The Morgan fingerprint density at radius 3 is 2.73 bits per heavy atom. The number of allylic oxidation sites excluding steroid dienone is 2. The molecule has 2 aliphatic rings. The molecule has 62 valence electrons. The molecule has 2 heteroatoms. The van der Waals surface area contributed by atoms with Gasteiger partial charge in [-0.3, -0.25) is 0 Å². The zero-order valence-electron chi connectivity index (χ0n) is 6.57. The Labute approximate surface area is 66.9 Å². The third kappa shape index (κ3) is 1.63. The van der Waals surface area contributed by atoms with Crippen LogP contribution in [0.15, 0.2) is 12.2 Å². The van der Waals surface area contributed by atoms with Gasteiger partial charge in [-0.15, -0.1) is 0 Å². The van der Waals surface area contributed by atoms with Gasteiger partial charge in [-0.1, -0.05) is 12.2 Å². The summed E-state index contributed by atoms with van der Waals surface area (Å²) >= 11 is 0.